The molecule has 0 bridgehead atoms. The third-order valence-corrected chi connectivity index (χ3v) is 2.28. The first kappa shape index (κ1) is 14.0. The van der Waals surface area contributed by atoms with E-state index in [9.17, 15) is 4.79 Å². The molecule has 0 spiro atoms. The number of nitrogens with one attached hydrogen (secondary N) is 1. The van der Waals surface area contributed by atoms with Crippen molar-refractivity contribution in [1.29, 1.82) is 0 Å². The minimum absolute atomic E-state index is 0.200. The second-order valence-corrected chi connectivity index (χ2v) is 3.58. The number of ether oxygens (including phenoxy) is 1. The Balaban J connectivity index is 4.29. The number of terminal acetylenes is 1. The maximum atomic E-state index is 11.6. The molecule has 1 N–H and O–H groups in total. The lowest BCUT2D eigenvalue weighted by molar-refractivity contribution is -0.147. The van der Waals surface area contributed by atoms with Gasteiger partial charge < -0.3 is 4.74 Å². The highest BCUT2D eigenvalue weighted by molar-refractivity contribution is 5.76. The van der Waals surface area contributed by atoms with Gasteiger partial charge in [-0.25, -0.2) is 0 Å². The van der Waals surface area contributed by atoms with Crippen molar-refractivity contribution >= 4 is 5.97 Å². The van der Waals surface area contributed by atoms with Crippen molar-refractivity contribution in [3.63, 3.8) is 0 Å². The fourth-order valence-electron chi connectivity index (χ4n) is 1.54. The molecule has 86 valence electrons. The minimum atomic E-state index is -0.277. The molecule has 0 saturated carbocycles. The molecule has 3 heteroatoms. The summed E-state index contributed by atoms with van der Waals surface area (Å²) in [5.41, 5.74) is 0. The third-order valence-electron chi connectivity index (χ3n) is 2.28. The summed E-state index contributed by atoms with van der Waals surface area (Å²) in [6, 6.07) is -0.277. The molecule has 15 heavy (non-hydrogen) atoms. The summed E-state index contributed by atoms with van der Waals surface area (Å²) in [6.45, 7) is 6.75. The molecule has 0 saturated heterocycles. The molecular formula is C12H21NO2. The van der Waals surface area contributed by atoms with Crippen LogP contribution in [0, 0.1) is 18.3 Å². The summed E-state index contributed by atoms with van der Waals surface area (Å²) in [5.74, 6) is 2.53. The third kappa shape index (κ3) is 5.44. The molecule has 0 aliphatic carbocycles. The summed E-state index contributed by atoms with van der Waals surface area (Å²) in [6.07, 6.45) is 7.20. The first-order valence-electron chi connectivity index (χ1n) is 5.50. The van der Waals surface area contributed by atoms with Crippen LogP contribution >= 0.6 is 0 Å². The molecule has 0 aliphatic rings. The van der Waals surface area contributed by atoms with Crippen molar-refractivity contribution in [3.8, 4) is 12.3 Å². The highest BCUT2D eigenvalue weighted by Crippen LogP contribution is 2.11. The SMILES string of the molecule is C#CCNC(C(=O)OCC)C(C)CCC. The van der Waals surface area contributed by atoms with Crippen LogP contribution in [0.3, 0.4) is 0 Å². The predicted octanol–water partition coefficient (Wildman–Crippen LogP) is 1.58. The summed E-state index contributed by atoms with van der Waals surface area (Å²) >= 11 is 0. The average molecular weight is 211 g/mol. The summed E-state index contributed by atoms with van der Waals surface area (Å²) in [7, 11) is 0. The van der Waals surface area contributed by atoms with Gasteiger partial charge in [0.25, 0.3) is 0 Å². The number of hydrogen-bond acceptors (Lipinski definition) is 3. The van der Waals surface area contributed by atoms with Gasteiger partial charge in [-0.1, -0.05) is 26.2 Å². The number of carbonyl (C=O) groups excluding carboxylic acids is 1. The summed E-state index contributed by atoms with van der Waals surface area (Å²) < 4.78 is 5.00. The molecule has 0 aromatic carbocycles. The van der Waals surface area contributed by atoms with Gasteiger partial charge in [0.15, 0.2) is 0 Å². The molecule has 2 unspecified atom stereocenters. The lowest BCUT2D eigenvalue weighted by atomic mass is 9.97. The summed E-state index contributed by atoms with van der Waals surface area (Å²) in [4.78, 5) is 11.6. The van der Waals surface area contributed by atoms with Crippen molar-refractivity contribution in [2.24, 2.45) is 5.92 Å². The van der Waals surface area contributed by atoms with Crippen molar-refractivity contribution in [1.82, 2.24) is 5.32 Å². The van der Waals surface area contributed by atoms with Crippen LogP contribution in [0.5, 0.6) is 0 Å². The van der Waals surface area contributed by atoms with Crippen LogP contribution in [0.2, 0.25) is 0 Å². The molecule has 3 nitrogen and oxygen atoms in total. The zero-order chi connectivity index (χ0) is 11.7. The highest BCUT2D eigenvalue weighted by atomic mass is 16.5. The van der Waals surface area contributed by atoms with Crippen molar-refractivity contribution in [2.75, 3.05) is 13.2 Å². The normalized spacial score (nSPS) is 14.0. The van der Waals surface area contributed by atoms with Gasteiger partial charge >= 0.3 is 5.97 Å². The molecule has 0 aliphatic heterocycles. The van der Waals surface area contributed by atoms with Crippen molar-refractivity contribution < 1.29 is 9.53 Å². The van der Waals surface area contributed by atoms with E-state index in [-0.39, 0.29) is 17.9 Å². The molecule has 0 fully saturated rings. The van der Waals surface area contributed by atoms with E-state index in [1.165, 1.54) is 0 Å². The summed E-state index contributed by atoms with van der Waals surface area (Å²) in [5, 5.41) is 3.03. The van der Waals surface area contributed by atoms with Crippen LogP contribution in [0.1, 0.15) is 33.6 Å². The topological polar surface area (TPSA) is 38.3 Å². The van der Waals surface area contributed by atoms with E-state index in [4.69, 9.17) is 11.2 Å². The molecule has 0 aromatic heterocycles. The van der Waals surface area contributed by atoms with Gasteiger partial charge in [0, 0.05) is 0 Å². The van der Waals surface area contributed by atoms with Crippen LogP contribution in [0.15, 0.2) is 0 Å². The molecule has 0 rings (SSSR count). The molecule has 0 amide bonds. The Hall–Kier alpha value is -1.01. The molecule has 0 heterocycles. The van der Waals surface area contributed by atoms with Crippen LogP contribution < -0.4 is 5.32 Å². The van der Waals surface area contributed by atoms with E-state index in [1.54, 1.807) is 6.92 Å². The van der Waals surface area contributed by atoms with Gasteiger partial charge in [0.05, 0.1) is 13.2 Å². The Bertz CT molecular complexity index is 220. The van der Waals surface area contributed by atoms with E-state index in [0.717, 1.165) is 12.8 Å². The standard InChI is InChI=1S/C12H21NO2/c1-5-8-10(4)11(13-9-6-2)12(14)15-7-3/h2,10-11,13H,5,7-9H2,1,3-4H3. The lowest BCUT2D eigenvalue weighted by Crippen LogP contribution is -2.43. The number of rotatable bonds is 7. The van der Waals surface area contributed by atoms with Crippen LogP contribution in [0.4, 0.5) is 0 Å². The first-order chi connectivity index (χ1) is 7.17. The Labute approximate surface area is 92.6 Å². The second-order valence-electron chi connectivity index (χ2n) is 3.58. The number of hydrogen-bond donors (Lipinski definition) is 1. The van der Waals surface area contributed by atoms with E-state index in [1.807, 2.05) is 6.92 Å². The maximum absolute atomic E-state index is 11.6. The van der Waals surface area contributed by atoms with Gasteiger partial charge in [-0.05, 0) is 19.3 Å². The van der Waals surface area contributed by atoms with E-state index < -0.39 is 0 Å². The lowest BCUT2D eigenvalue weighted by Gasteiger charge is -2.22. The predicted molar refractivity (Wildman–Crippen MR) is 61.3 cm³/mol. The van der Waals surface area contributed by atoms with Crippen LogP contribution in [-0.4, -0.2) is 25.2 Å². The highest BCUT2D eigenvalue weighted by Gasteiger charge is 2.24. The van der Waals surface area contributed by atoms with E-state index in [0.29, 0.717) is 13.2 Å². The van der Waals surface area contributed by atoms with Gasteiger partial charge in [-0.2, -0.15) is 0 Å². The zero-order valence-corrected chi connectivity index (χ0v) is 9.88. The minimum Gasteiger partial charge on any atom is -0.465 e. The Morgan fingerprint density at radius 3 is 2.67 bits per heavy atom. The van der Waals surface area contributed by atoms with Gasteiger partial charge in [0.2, 0.25) is 0 Å². The second kappa shape index (κ2) is 8.31. The maximum Gasteiger partial charge on any atom is 0.323 e. The van der Waals surface area contributed by atoms with Gasteiger partial charge in [-0.3, -0.25) is 10.1 Å². The number of esters is 1. The van der Waals surface area contributed by atoms with E-state index in [2.05, 4.69) is 18.2 Å². The van der Waals surface area contributed by atoms with Gasteiger partial charge in [-0.15, -0.1) is 6.42 Å². The number of carbonyl (C=O) groups is 1. The van der Waals surface area contributed by atoms with Crippen LogP contribution in [0.25, 0.3) is 0 Å². The first-order valence-corrected chi connectivity index (χ1v) is 5.50. The Morgan fingerprint density at radius 1 is 1.53 bits per heavy atom. The quantitative estimate of drug-likeness (QED) is 0.513. The molecule has 2 atom stereocenters. The fraction of sp³-hybridized carbons (Fsp3) is 0.750. The molecule has 0 radical (unpaired) electrons. The van der Waals surface area contributed by atoms with Crippen molar-refractivity contribution in [3.05, 3.63) is 0 Å². The smallest absolute Gasteiger partial charge is 0.323 e. The Kier molecular flexibility index (Phi) is 7.75. The zero-order valence-electron chi connectivity index (χ0n) is 9.88. The van der Waals surface area contributed by atoms with E-state index >= 15 is 0 Å². The monoisotopic (exact) mass is 211 g/mol. The fourth-order valence-corrected chi connectivity index (χ4v) is 1.54. The average Bonchev–Trinajstić information content (AvgIpc) is 2.19. The molecular weight excluding hydrogens is 190 g/mol. The Morgan fingerprint density at radius 2 is 2.20 bits per heavy atom. The van der Waals surface area contributed by atoms with Crippen molar-refractivity contribution in [2.45, 2.75) is 39.7 Å². The van der Waals surface area contributed by atoms with Crippen LogP contribution in [-0.2, 0) is 9.53 Å². The van der Waals surface area contributed by atoms with Gasteiger partial charge in [0.1, 0.15) is 6.04 Å². The largest absolute Gasteiger partial charge is 0.465 e. The molecule has 0 aromatic rings.